The summed E-state index contributed by atoms with van der Waals surface area (Å²) in [7, 11) is 4.32. The maximum Gasteiger partial charge on any atom is 0.292 e. The molecule has 0 saturated heterocycles. The summed E-state index contributed by atoms with van der Waals surface area (Å²) in [5.41, 5.74) is 0. The average molecular weight is 270 g/mol. The lowest BCUT2D eigenvalue weighted by atomic mass is 10.5. The lowest BCUT2D eigenvalue weighted by molar-refractivity contribution is -0.0755. The summed E-state index contributed by atoms with van der Waals surface area (Å²) >= 11 is 1.10. The highest BCUT2D eigenvalue weighted by Gasteiger charge is 2.24. The number of methoxy groups -OCH3 is 1. The molecule has 0 bridgehead atoms. The Balaban J connectivity index is 2.39. The maximum atomic E-state index is 12.0. The predicted octanol–water partition coefficient (Wildman–Crippen LogP) is 0.835. The van der Waals surface area contributed by atoms with Crippen LogP contribution in [0.15, 0.2) is 10.9 Å². The van der Waals surface area contributed by atoms with E-state index < -0.39 is 0 Å². The Labute approximate surface area is 106 Å². The molecule has 2 rings (SSSR count). The van der Waals surface area contributed by atoms with Gasteiger partial charge in [-0.15, -0.1) is 11.3 Å². The molecule has 0 unspecified atom stereocenters. The maximum absolute atomic E-state index is 12.0. The van der Waals surface area contributed by atoms with Gasteiger partial charge in [0, 0.05) is 7.05 Å². The number of carbonyl (C=O) groups is 1. The van der Waals surface area contributed by atoms with Crippen molar-refractivity contribution < 1.29 is 18.9 Å². The quantitative estimate of drug-likeness (QED) is 0.760. The van der Waals surface area contributed by atoms with Crippen molar-refractivity contribution in [3.63, 3.8) is 0 Å². The summed E-state index contributed by atoms with van der Waals surface area (Å²) in [4.78, 5) is 25.1. The van der Waals surface area contributed by atoms with Crippen LogP contribution in [0.5, 0.6) is 5.88 Å². The highest BCUT2D eigenvalue weighted by molar-refractivity contribution is 7.17. The van der Waals surface area contributed by atoms with Gasteiger partial charge in [0.1, 0.15) is 0 Å². The van der Waals surface area contributed by atoms with Gasteiger partial charge in [-0.3, -0.25) is 9.63 Å². The van der Waals surface area contributed by atoms with Crippen molar-refractivity contribution in [2.75, 3.05) is 21.3 Å². The van der Waals surface area contributed by atoms with Crippen LogP contribution in [-0.2, 0) is 4.84 Å². The van der Waals surface area contributed by atoms with E-state index in [1.807, 2.05) is 0 Å². The molecule has 0 saturated carbocycles. The van der Waals surface area contributed by atoms with Gasteiger partial charge in [-0.05, 0) is 0 Å². The number of carbonyl (C=O) groups excluding carboxylic acids is 1. The number of ether oxygens (including phenoxy) is 1. The van der Waals surface area contributed by atoms with Crippen LogP contribution in [-0.4, -0.2) is 47.4 Å². The molecule has 2 aromatic rings. The predicted molar refractivity (Wildman–Crippen MR) is 61.1 cm³/mol. The molecular weight excluding hydrogens is 260 g/mol. The first-order valence-electron chi connectivity index (χ1n) is 4.81. The van der Waals surface area contributed by atoms with Crippen molar-refractivity contribution in [1.29, 1.82) is 0 Å². The summed E-state index contributed by atoms with van der Waals surface area (Å²) in [5, 5.41) is 5.17. The minimum absolute atomic E-state index is 0.203. The normalized spacial score (nSPS) is 10.4. The summed E-state index contributed by atoms with van der Waals surface area (Å²) in [5.74, 6) is 0.146. The number of hydrogen-bond acceptors (Lipinski definition) is 8. The topological polar surface area (TPSA) is 90.6 Å². The van der Waals surface area contributed by atoms with Gasteiger partial charge < -0.3 is 9.26 Å². The number of aromatic nitrogens is 3. The van der Waals surface area contributed by atoms with Crippen molar-refractivity contribution in [1.82, 2.24) is 20.2 Å². The molecule has 0 aliphatic carbocycles. The molecule has 0 radical (unpaired) electrons. The molecule has 0 aromatic carbocycles. The molecule has 0 spiro atoms. The molecular formula is C9H10N4O4S. The van der Waals surface area contributed by atoms with Gasteiger partial charge in [-0.25, -0.2) is 5.06 Å². The van der Waals surface area contributed by atoms with Gasteiger partial charge in [0.2, 0.25) is 18.1 Å². The lowest BCUT2D eigenvalue weighted by Crippen LogP contribution is -2.24. The lowest BCUT2D eigenvalue weighted by Gasteiger charge is -2.12. The summed E-state index contributed by atoms with van der Waals surface area (Å²) in [6, 6.07) is 0. The van der Waals surface area contributed by atoms with Gasteiger partial charge in [0.25, 0.3) is 5.91 Å². The van der Waals surface area contributed by atoms with Gasteiger partial charge in [0.05, 0.1) is 14.2 Å². The average Bonchev–Trinajstić information content (AvgIpc) is 3.04. The Kier molecular flexibility index (Phi) is 3.53. The third-order valence-electron chi connectivity index (χ3n) is 2.10. The number of hydrogen-bond donors (Lipinski definition) is 0. The molecule has 0 N–H and O–H groups in total. The second-order valence-corrected chi connectivity index (χ2v) is 4.10. The molecule has 2 aromatic heterocycles. The number of nitrogens with zero attached hydrogens (tertiary/aromatic N) is 4. The summed E-state index contributed by atoms with van der Waals surface area (Å²) in [6.07, 6.45) is 1.19. The van der Waals surface area contributed by atoms with E-state index in [1.54, 1.807) is 0 Å². The van der Waals surface area contributed by atoms with Crippen LogP contribution in [0.1, 0.15) is 9.67 Å². The molecule has 2 heterocycles. The molecule has 0 aliphatic heterocycles. The molecule has 0 fully saturated rings. The Hall–Kier alpha value is -2.00. The SMILES string of the molecule is COc1nc(-c2ncon2)sc1C(=O)N(C)OC. The van der Waals surface area contributed by atoms with Crippen molar-refractivity contribution in [3.05, 3.63) is 11.3 Å². The van der Waals surface area contributed by atoms with Gasteiger partial charge >= 0.3 is 0 Å². The molecule has 1 amide bonds. The van der Waals surface area contributed by atoms with E-state index >= 15 is 0 Å². The van der Waals surface area contributed by atoms with Crippen molar-refractivity contribution in [3.8, 4) is 16.7 Å². The molecule has 0 aliphatic rings. The van der Waals surface area contributed by atoms with E-state index in [-0.39, 0.29) is 11.8 Å². The molecule has 9 heteroatoms. The summed E-state index contributed by atoms with van der Waals surface area (Å²) < 4.78 is 9.68. The fourth-order valence-corrected chi connectivity index (χ4v) is 2.10. The van der Waals surface area contributed by atoms with E-state index in [9.17, 15) is 4.79 Å². The second kappa shape index (κ2) is 5.10. The smallest absolute Gasteiger partial charge is 0.292 e. The fourth-order valence-electron chi connectivity index (χ4n) is 1.17. The zero-order chi connectivity index (χ0) is 13.1. The van der Waals surface area contributed by atoms with E-state index in [4.69, 9.17) is 9.57 Å². The second-order valence-electron chi connectivity index (χ2n) is 3.10. The zero-order valence-corrected chi connectivity index (χ0v) is 10.7. The van der Waals surface area contributed by atoms with Gasteiger partial charge in [-0.1, -0.05) is 5.16 Å². The van der Waals surface area contributed by atoms with Crippen LogP contribution in [0, 0.1) is 0 Å². The zero-order valence-electron chi connectivity index (χ0n) is 9.91. The van der Waals surface area contributed by atoms with E-state index in [2.05, 4.69) is 19.6 Å². The van der Waals surface area contributed by atoms with Crippen LogP contribution >= 0.6 is 11.3 Å². The van der Waals surface area contributed by atoms with Gasteiger partial charge in [0.15, 0.2) is 9.88 Å². The first-order valence-corrected chi connectivity index (χ1v) is 5.62. The number of thiazole rings is 1. The third kappa shape index (κ3) is 2.17. The number of amides is 1. The van der Waals surface area contributed by atoms with Crippen molar-refractivity contribution in [2.24, 2.45) is 0 Å². The largest absolute Gasteiger partial charge is 0.480 e. The minimum Gasteiger partial charge on any atom is -0.480 e. The van der Waals surface area contributed by atoms with Crippen LogP contribution in [0.2, 0.25) is 0 Å². The van der Waals surface area contributed by atoms with E-state index in [0.29, 0.717) is 15.7 Å². The molecule has 8 nitrogen and oxygen atoms in total. The van der Waals surface area contributed by atoms with Crippen molar-refractivity contribution in [2.45, 2.75) is 0 Å². The highest BCUT2D eigenvalue weighted by atomic mass is 32.1. The van der Waals surface area contributed by atoms with Crippen LogP contribution in [0.25, 0.3) is 10.8 Å². The standard InChI is InChI=1S/C9H10N4O4S/c1-13(16-3)9(14)5-7(15-2)11-8(18-5)6-10-4-17-12-6/h4H,1-3H3. The number of rotatable bonds is 4. The molecule has 18 heavy (non-hydrogen) atoms. The third-order valence-corrected chi connectivity index (χ3v) is 3.12. The minimum atomic E-state index is -0.360. The Morgan fingerprint density at radius 2 is 2.28 bits per heavy atom. The number of hydroxylamine groups is 2. The first kappa shape index (κ1) is 12.5. The monoisotopic (exact) mass is 270 g/mol. The summed E-state index contributed by atoms with van der Waals surface area (Å²) in [6.45, 7) is 0. The Morgan fingerprint density at radius 3 is 2.83 bits per heavy atom. The van der Waals surface area contributed by atoms with Crippen LogP contribution in [0.4, 0.5) is 0 Å². The van der Waals surface area contributed by atoms with E-state index in [1.165, 1.54) is 27.7 Å². The van der Waals surface area contributed by atoms with Crippen LogP contribution in [0.3, 0.4) is 0 Å². The fraction of sp³-hybridized carbons (Fsp3) is 0.333. The van der Waals surface area contributed by atoms with Crippen LogP contribution < -0.4 is 4.74 Å². The molecule has 0 atom stereocenters. The van der Waals surface area contributed by atoms with Gasteiger partial charge in [-0.2, -0.15) is 9.97 Å². The Bertz CT molecular complexity index is 539. The van der Waals surface area contributed by atoms with Crippen molar-refractivity contribution >= 4 is 17.2 Å². The Morgan fingerprint density at radius 1 is 1.50 bits per heavy atom. The van der Waals surface area contributed by atoms with E-state index in [0.717, 1.165) is 16.4 Å². The highest BCUT2D eigenvalue weighted by Crippen LogP contribution is 2.31. The molecule has 96 valence electrons. The first-order chi connectivity index (χ1) is 8.67.